The molecule has 1 aliphatic rings. The lowest BCUT2D eigenvalue weighted by atomic mass is 9.95. The van der Waals surface area contributed by atoms with Crippen LogP contribution in [0.25, 0.3) is 0 Å². The first kappa shape index (κ1) is 11.9. The third-order valence-corrected chi connectivity index (χ3v) is 2.14. The van der Waals surface area contributed by atoms with Crippen LogP contribution in [0.1, 0.15) is 32.1 Å². The quantitative estimate of drug-likeness (QED) is 0.514. The average molecular weight is 181 g/mol. The maximum atomic E-state index is 10.9. The highest BCUT2D eigenvalue weighted by Gasteiger charge is 2.13. The molecule has 1 fully saturated rings. The number of hydrogen-bond acceptors (Lipinski definition) is 1. The molecule has 1 N–H and O–H groups in total. The van der Waals surface area contributed by atoms with Gasteiger partial charge in [-0.3, -0.25) is 4.79 Å². The summed E-state index contributed by atoms with van der Waals surface area (Å²) in [5, 5.41) is 2.91. The van der Waals surface area contributed by atoms with E-state index in [1.807, 2.05) is 0 Å². The largest absolute Gasteiger partial charge is 0.350 e. The third kappa shape index (κ3) is 5.23. The van der Waals surface area contributed by atoms with Crippen molar-refractivity contribution in [2.75, 3.05) is 0 Å². The predicted octanol–water partition coefficient (Wildman–Crippen LogP) is 2.42. The van der Waals surface area contributed by atoms with Gasteiger partial charge >= 0.3 is 0 Å². The van der Waals surface area contributed by atoms with Crippen LogP contribution in [0, 0.1) is 0 Å². The summed E-state index contributed by atoms with van der Waals surface area (Å²) in [7, 11) is 0. The molecule has 0 spiro atoms. The minimum atomic E-state index is -0.0306. The molecule has 0 aromatic heterocycles. The van der Waals surface area contributed by atoms with Gasteiger partial charge in [0.1, 0.15) is 0 Å². The van der Waals surface area contributed by atoms with Crippen LogP contribution < -0.4 is 5.32 Å². The van der Waals surface area contributed by atoms with E-state index >= 15 is 0 Å². The molecule has 0 atom stereocenters. The number of carbonyl (C=O) groups is 1. The van der Waals surface area contributed by atoms with Gasteiger partial charge in [0.2, 0.25) is 5.91 Å². The number of rotatable bonds is 2. The minimum Gasteiger partial charge on any atom is -0.350 e. The summed E-state index contributed by atoms with van der Waals surface area (Å²) in [5.74, 6) is -0.0306. The Balaban J connectivity index is 0.000000671. The molecule has 0 radical (unpaired) electrons. The van der Waals surface area contributed by atoms with Crippen molar-refractivity contribution < 1.29 is 4.79 Å². The normalized spacial score (nSPS) is 16.6. The monoisotopic (exact) mass is 181 g/mol. The molecule has 1 amide bonds. The second kappa shape index (κ2) is 7.59. The molecule has 1 aliphatic carbocycles. The lowest BCUT2D eigenvalue weighted by Crippen LogP contribution is -2.34. The Morgan fingerprint density at radius 2 is 1.77 bits per heavy atom. The van der Waals surface area contributed by atoms with E-state index in [0.29, 0.717) is 6.04 Å². The van der Waals surface area contributed by atoms with Crippen LogP contribution in [0.15, 0.2) is 25.8 Å². The Hall–Kier alpha value is -1.05. The second-order valence-electron chi connectivity index (χ2n) is 3.05. The van der Waals surface area contributed by atoms with Crippen LogP contribution in [0.3, 0.4) is 0 Å². The lowest BCUT2D eigenvalue weighted by molar-refractivity contribution is -0.117. The number of hydrogen-bond donors (Lipinski definition) is 1. The van der Waals surface area contributed by atoms with Gasteiger partial charge in [-0.25, -0.2) is 0 Å². The molecule has 1 rings (SSSR count). The van der Waals surface area contributed by atoms with E-state index in [1.54, 1.807) is 0 Å². The van der Waals surface area contributed by atoms with Crippen molar-refractivity contribution in [3.05, 3.63) is 25.8 Å². The van der Waals surface area contributed by atoms with Gasteiger partial charge in [0.25, 0.3) is 0 Å². The molecule has 2 heteroatoms. The molecule has 2 nitrogen and oxygen atoms in total. The standard InChI is InChI=1S/C9H15NO.C2H4/c1-2-9(11)10-8-6-4-3-5-7-8;1-2/h2,8H,1,3-7H2,(H,10,11);1-2H2. The Labute approximate surface area is 80.7 Å². The van der Waals surface area contributed by atoms with E-state index in [4.69, 9.17) is 0 Å². The van der Waals surface area contributed by atoms with Gasteiger partial charge in [-0.1, -0.05) is 25.8 Å². The molecule has 0 unspecified atom stereocenters. The van der Waals surface area contributed by atoms with Gasteiger partial charge in [-0.05, 0) is 18.9 Å². The van der Waals surface area contributed by atoms with Crippen molar-refractivity contribution in [1.82, 2.24) is 5.32 Å². The maximum absolute atomic E-state index is 10.9. The zero-order valence-electron chi connectivity index (χ0n) is 8.22. The summed E-state index contributed by atoms with van der Waals surface area (Å²) >= 11 is 0. The SMILES string of the molecule is C=C.C=CC(=O)NC1CCCCC1. The van der Waals surface area contributed by atoms with E-state index in [1.165, 1.54) is 25.3 Å². The Kier molecular flexibility index (Phi) is 6.98. The molecule has 0 heterocycles. The Morgan fingerprint density at radius 1 is 1.23 bits per heavy atom. The van der Waals surface area contributed by atoms with Crippen molar-refractivity contribution in [1.29, 1.82) is 0 Å². The summed E-state index contributed by atoms with van der Waals surface area (Å²) in [6, 6.07) is 0.411. The fourth-order valence-corrected chi connectivity index (χ4v) is 1.51. The molecular weight excluding hydrogens is 162 g/mol. The van der Waals surface area contributed by atoms with Gasteiger partial charge in [-0.2, -0.15) is 0 Å². The first-order valence-electron chi connectivity index (χ1n) is 4.76. The van der Waals surface area contributed by atoms with Gasteiger partial charge in [0.05, 0.1) is 0 Å². The van der Waals surface area contributed by atoms with Gasteiger partial charge in [-0.15, -0.1) is 13.2 Å². The summed E-state index contributed by atoms with van der Waals surface area (Å²) < 4.78 is 0. The van der Waals surface area contributed by atoms with Crippen LogP contribution in [0.4, 0.5) is 0 Å². The number of amides is 1. The Bertz CT molecular complexity index is 159. The molecule has 0 aromatic carbocycles. The van der Waals surface area contributed by atoms with Crippen LogP contribution in [0.5, 0.6) is 0 Å². The molecule has 74 valence electrons. The van der Waals surface area contributed by atoms with Crippen LogP contribution in [-0.4, -0.2) is 11.9 Å². The highest BCUT2D eigenvalue weighted by molar-refractivity contribution is 5.87. The molecule has 0 bridgehead atoms. The fourth-order valence-electron chi connectivity index (χ4n) is 1.51. The van der Waals surface area contributed by atoms with E-state index < -0.39 is 0 Å². The molecule has 0 aliphatic heterocycles. The predicted molar refractivity (Wildman–Crippen MR) is 56.5 cm³/mol. The molecule has 1 saturated carbocycles. The highest BCUT2D eigenvalue weighted by Crippen LogP contribution is 2.16. The smallest absolute Gasteiger partial charge is 0.243 e. The van der Waals surface area contributed by atoms with Crippen molar-refractivity contribution >= 4 is 5.91 Å². The first-order chi connectivity index (χ1) is 6.33. The van der Waals surface area contributed by atoms with Crippen LogP contribution >= 0.6 is 0 Å². The van der Waals surface area contributed by atoms with Crippen molar-refractivity contribution in [2.24, 2.45) is 0 Å². The summed E-state index contributed by atoms with van der Waals surface area (Å²) in [6.45, 7) is 9.41. The topological polar surface area (TPSA) is 29.1 Å². The van der Waals surface area contributed by atoms with E-state index in [9.17, 15) is 4.79 Å². The van der Waals surface area contributed by atoms with Gasteiger partial charge in [0.15, 0.2) is 0 Å². The first-order valence-corrected chi connectivity index (χ1v) is 4.76. The number of carbonyl (C=O) groups excluding carboxylic acids is 1. The molecule has 13 heavy (non-hydrogen) atoms. The number of nitrogens with one attached hydrogen (secondary N) is 1. The van der Waals surface area contributed by atoms with Crippen LogP contribution in [-0.2, 0) is 4.79 Å². The van der Waals surface area contributed by atoms with Crippen molar-refractivity contribution in [3.63, 3.8) is 0 Å². The van der Waals surface area contributed by atoms with E-state index in [0.717, 1.165) is 12.8 Å². The summed E-state index contributed by atoms with van der Waals surface area (Å²) in [4.78, 5) is 10.9. The van der Waals surface area contributed by atoms with Gasteiger partial charge in [0, 0.05) is 6.04 Å². The zero-order chi connectivity index (χ0) is 10.1. The second-order valence-corrected chi connectivity index (χ2v) is 3.05. The van der Waals surface area contributed by atoms with Gasteiger partial charge < -0.3 is 5.32 Å². The molecular formula is C11H19NO. The fraction of sp³-hybridized carbons (Fsp3) is 0.545. The van der Waals surface area contributed by atoms with E-state index in [2.05, 4.69) is 25.1 Å². The van der Waals surface area contributed by atoms with Crippen LogP contribution in [0.2, 0.25) is 0 Å². The maximum Gasteiger partial charge on any atom is 0.243 e. The average Bonchev–Trinajstić information content (AvgIpc) is 2.22. The molecule has 0 saturated heterocycles. The van der Waals surface area contributed by atoms with Crippen molar-refractivity contribution in [2.45, 2.75) is 38.1 Å². The molecule has 0 aromatic rings. The summed E-state index contributed by atoms with van der Waals surface area (Å²) in [6.07, 6.45) is 7.44. The van der Waals surface area contributed by atoms with Crippen molar-refractivity contribution in [3.8, 4) is 0 Å². The zero-order valence-corrected chi connectivity index (χ0v) is 8.22. The van der Waals surface area contributed by atoms with E-state index in [-0.39, 0.29) is 5.91 Å². The highest BCUT2D eigenvalue weighted by atomic mass is 16.1. The third-order valence-electron chi connectivity index (χ3n) is 2.14. The Morgan fingerprint density at radius 3 is 2.23 bits per heavy atom. The lowest BCUT2D eigenvalue weighted by Gasteiger charge is -2.21. The minimum absolute atomic E-state index is 0.0306. The summed E-state index contributed by atoms with van der Waals surface area (Å²) in [5.41, 5.74) is 0.